The van der Waals surface area contributed by atoms with Crippen molar-refractivity contribution in [3.63, 3.8) is 0 Å². The molecule has 0 saturated carbocycles. The van der Waals surface area contributed by atoms with Crippen molar-refractivity contribution in [1.82, 2.24) is 10.3 Å². The van der Waals surface area contributed by atoms with E-state index in [9.17, 15) is 9.18 Å². The van der Waals surface area contributed by atoms with E-state index in [1.54, 1.807) is 33.0 Å². The lowest BCUT2D eigenvalue weighted by Crippen LogP contribution is -2.46. The van der Waals surface area contributed by atoms with Crippen LogP contribution in [0.3, 0.4) is 0 Å². The Morgan fingerprint density at radius 2 is 1.92 bits per heavy atom. The minimum absolute atomic E-state index is 0.242. The molecule has 1 aliphatic heterocycles. The molecule has 2 heterocycles. The van der Waals surface area contributed by atoms with Crippen LogP contribution in [-0.4, -0.2) is 35.9 Å². The highest BCUT2D eigenvalue weighted by Gasteiger charge is 2.55. The molecule has 2 aromatic rings. The highest BCUT2D eigenvalue weighted by Crippen LogP contribution is 2.37. The molecule has 0 bridgehead atoms. The SMILES string of the molecule is CC1(C)OB(c2cncc(C(=O)NCc3ccccc3)c2)OC1(C)CF. The first-order valence-corrected chi connectivity index (χ1v) is 8.53. The summed E-state index contributed by atoms with van der Waals surface area (Å²) >= 11 is 0. The maximum atomic E-state index is 13.5. The van der Waals surface area contributed by atoms with Gasteiger partial charge in [-0.05, 0) is 32.4 Å². The van der Waals surface area contributed by atoms with Crippen LogP contribution in [-0.2, 0) is 15.9 Å². The van der Waals surface area contributed by atoms with Gasteiger partial charge in [0, 0.05) is 24.4 Å². The van der Waals surface area contributed by atoms with E-state index in [1.807, 2.05) is 30.3 Å². The number of carbonyl (C=O) groups is 1. The van der Waals surface area contributed by atoms with Crippen LogP contribution in [0.25, 0.3) is 0 Å². The van der Waals surface area contributed by atoms with Gasteiger partial charge in [0.05, 0.1) is 11.2 Å². The number of nitrogens with zero attached hydrogens (tertiary/aromatic N) is 1. The third-order valence-corrected chi connectivity index (χ3v) is 4.89. The minimum Gasteiger partial charge on any atom is -0.399 e. The number of benzene rings is 1. The lowest BCUT2D eigenvalue weighted by molar-refractivity contribution is -0.0260. The third kappa shape index (κ3) is 3.64. The van der Waals surface area contributed by atoms with E-state index >= 15 is 0 Å². The Kier molecular flexibility index (Phi) is 5.11. The van der Waals surface area contributed by atoms with Gasteiger partial charge in [-0.3, -0.25) is 9.78 Å². The van der Waals surface area contributed by atoms with Crippen molar-refractivity contribution in [2.24, 2.45) is 0 Å². The Labute approximate surface area is 153 Å². The van der Waals surface area contributed by atoms with E-state index < -0.39 is 25.0 Å². The van der Waals surface area contributed by atoms with Gasteiger partial charge in [0.25, 0.3) is 5.91 Å². The van der Waals surface area contributed by atoms with Crippen molar-refractivity contribution in [3.8, 4) is 0 Å². The zero-order valence-corrected chi connectivity index (χ0v) is 15.2. The molecule has 0 spiro atoms. The lowest BCUT2D eigenvalue weighted by atomic mass is 9.80. The summed E-state index contributed by atoms with van der Waals surface area (Å²) in [4.78, 5) is 16.5. The Morgan fingerprint density at radius 1 is 1.19 bits per heavy atom. The molecule has 136 valence electrons. The van der Waals surface area contributed by atoms with Crippen molar-refractivity contribution >= 4 is 18.5 Å². The van der Waals surface area contributed by atoms with Gasteiger partial charge in [0.1, 0.15) is 12.3 Å². The molecule has 1 saturated heterocycles. The second-order valence-corrected chi connectivity index (χ2v) is 7.12. The monoisotopic (exact) mass is 356 g/mol. The fraction of sp³-hybridized carbons (Fsp3) is 0.368. The number of carbonyl (C=O) groups excluding carboxylic acids is 1. The normalized spacial score (nSPS) is 21.6. The summed E-state index contributed by atoms with van der Waals surface area (Å²) in [5.41, 5.74) is 0.147. The largest absolute Gasteiger partial charge is 0.496 e. The van der Waals surface area contributed by atoms with E-state index in [-0.39, 0.29) is 5.91 Å². The standard InChI is InChI=1S/C19H22BFN2O3/c1-18(2)19(3,13-21)26-20(25-18)16-9-15(11-22-12-16)17(24)23-10-14-7-5-4-6-8-14/h4-9,11-12H,10,13H2,1-3H3,(H,23,24). The quantitative estimate of drug-likeness (QED) is 0.835. The average Bonchev–Trinajstić information content (AvgIpc) is 2.90. The van der Waals surface area contributed by atoms with Gasteiger partial charge in [-0.25, -0.2) is 4.39 Å². The highest BCUT2D eigenvalue weighted by molar-refractivity contribution is 6.62. The first kappa shape index (κ1) is 18.5. The van der Waals surface area contributed by atoms with Gasteiger partial charge in [-0.1, -0.05) is 30.3 Å². The molecule has 1 amide bonds. The molecule has 26 heavy (non-hydrogen) atoms. The number of halogens is 1. The number of hydrogen-bond acceptors (Lipinski definition) is 4. The molecule has 0 aliphatic carbocycles. The molecule has 0 radical (unpaired) electrons. The molecule has 1 unspecified atom stereocenters. The summed E-state index contributed by atoms with van der Waals surface area (Å²) in [5, 5.41) is 2.86. The van der Waals surface area contributed by atoms with Crippen molar-refractivity contribution in [3.05, 3.63) is 59.9 Å². The smallest absolute Gasteiger partial charge is 0.399 e. The van der Waals surface area contributed by atoms with Crippen molar-refractivity contribution in [1.29, 1.82) is 0 Å². The molecule has 1 aromatic heterocycles. The highest BCUT2D eigenvalue weighted by atomic mass is 19.1. The molecule has 1 aromatic carbocycles. The number of hydrogen-bond donors (Lipinski definition) is 1. The molecule has 7 heteroatoms. The van der Waals surface area contributed by atoms with Gasteiger partial charge >= 0.3 is 7.12 Å². The van der Waals surface area contributed by atoms with Crippen molar-refractivity contribution in [2.45, 2.75) is 38.5 Å². The minimum atomic E-state index is -1.05. The maximum Gasteiger partial charge on any atom is 0.496 e. The third-order valence-electron chi connectivity index (χ3n) is 4.89. The molecule has 1 fully saturated rings. The van der Waals surface area contributed by atoms with Crippen LogP contribution in [0.4, 0.5) is 4.39 Å². The first-order valence-electron chi connectivity index (χ1n) is 8.53. The van der Waals surface area contributed by atoms with Crippen LogP contribution < -0.4 is 10.8 Å². The molecular weight excluding hydrogens is 334 g/mol. The fourth-order valence-electron chi connectivity index (χ4n) is 2.71. The van der Waals surface area contributed by atoms with Crippen LogP contribution in [0.1, 0.15) is 36.7 Å². The Balaban J connectivity index is 1.71. The van der Waals surface area contributed by atoms with E-state index in [4.69, 9.17) is 9.31 Å². The number of pyridine rings is 1. The van der Waals surface area contributed by atoms with E-state index in [1.165, 1.54) is 6.20 Å². The number of aromatic nitrogens is 1. The fourth-order valence-corrected chi connectivity index (χ4v) is 2.71. The molecule has 1 aliphatic rings. The van der Waals surface area contributed by atoms with Crippen LogP contribution >= 0.6 is 0 Å². The van der Waals surface area contributed by atoms with Gasteiger partial charge in [-0.2, -0.15) is 0 Å². The Bertz CT molecular complexity index is 787. The molecule has 1 N–H and O–H groups in total. The van der Waals surface area contributed by atoms with Crippen molar-refractivity contribution in [2.75, 3.05) is 6.67 Å². The Hall–Kier alpha value is -2.25. The summed E-state index contributed by atoms with van der Waals surface area (Å²) in [5.74, 6) is -0.242. The first-order chi connectivity index (χ1) is 12.3. The predicted molar refractivity (Wildman–Crippen MR) is 97.9 cm³/mol. The van der Waals surface area contributed by atoms with Crippen molar-refractivity contribution < 1.29 is 18.5 Å². The topological polar surface area (TPSA) is 60.5 Å². The van der Waals surface area contributed by atoms with E-state index in [2.05, 4.69) is 10.3 Å². The zero-order valence-electron chi connectivity index (χ0n) is 15.2. The maximum absolute atomic E-state index is 13.5. The van der Waals surface area contributed by atoms with Gasteiger partial charge < -0.3 is 14.6 Å². The number of amides is 1. The second kappa shape index (κ2) is 7.17. The van der Waals surface area contributed by atoms with Gasteiger partial charge in [0.2, 0.25) is 0 Å². The predicted octanol–water partition coefficient (Wildman–Crippen LogP) is 2.26. The molecular formula is C19H22BFN2O3. The van der Waals surface area contributed by atoms with E-state index in [0.29, 0.717) is 17.6 Å². The summed E-state index contributed by atoms with van der Waals surface area (Å²) in [6, 6.07) is 11.3. The molecule has 1 atom stereocenters. The summed E-state index contributed by atoms with van der Waals surface area (Å²) < 4.78 is 25.1. The van der Waals surface area contributed by atoms with E-state index in [0.717, 1.165) is 5.56 Å². The summed E-state index contributed by atoms with van der Waals surface area (Å²) in [7, 11) is -0.764. The zero-order chi connectivity index (χ0) is 18.8. The molecule has 5 nitrogen and oxygen atoms in total. The molecule has 3 rings (SSSR count). The Morgan fingerprint density at radius 3 is 2.58 bits per heavy atom. The van der Waals surface area contributed by atoms with Crippen LogP contribution in [0.15, 0.2) is 48.8 Å². The number of alkyl halides is 1. The van der Waals surface area contributed by atoms with Gasteiger partial charge in [-0.15, -0.1) is 0 Å². The van der Waals surface area contributed by atoms with Crippen LogP contribution in [0, 0.1) is 0 Å². The summed E-state index contributed by atoms with van der Waals surface area (Å²) in [6.07, 6.45) is 3.05. The second-order valence-electron chi connectivity index (χ2n) is 7.12. The average molecular weight is 356 g/mol. The summed E-state index contributed by atoms with van der Waals surface area (Å²) in [6.45, 7) is 5.01. The number of nitrogens with one attached hydrogen (secondary N) is 1. The lowest BCUT2D eigenvalue weighted by Gasteiger charge is -2.33. The van der Waals surface area contributed by atoms with Gasteiger partial charge in [0.15, 0.2) is 0 Å². The number of rotatable bonds is 5. The van der Waals surface area contributed by atoms with Crippen LogP contribution in [0.2, 0.25) is 0 Å². The van der Waals surface area contributed by atoms with Crippen LogP contribution in [0.5, 0.6) is 0 Å².